The van der Waals surface area contributed by atoms with E-state index < -0.39 is 35.9 Å². The van der Waals surface area contributed by atoms with Crippen LogP contribution >= 0.6 is 11.6 Å². The number of carbonyl (C=O) groups is 4. The number of hydrogen-bond donors (Lipinski definition) is 4. The summed E-state index contributed by atoms with van der Waals surface area (Å²) in [6, 6.07) is 2.16. The number of aliphatic hydroxyl groups is 1. The largest absolute Gasteiger partial charge is 0.492 e. The topological polar surface area (TPSA) is 198 Å². The van der Waals surface area contributed by atoms with Gasteiger partial charge in [-0.05, 0) is 50.3 Å². The van der Waals surface area contributed by atoms with Crippen molar-refractivity contribution in [3.05, 3.63) is 52.3 Å². The minimum atomic E-state index is -1.36. The van der Waals surface area contributed by atoms with Crippen molar-refractivity contribution in [2.24, 2.45) is 5.92 Å². The van der Waals surface area contributed by atoms with Gasteiger partial charge in [0, 0.05) is 63.7 Å². The Morgan fingerprint density at radius 1 is 1.00 bits per heavy atom. The number of aliphatic hydroxyl groups excluding tert-OH is 1. The Labute approximate surface area is 295 Å². The van der Waals surface area contributed by atoms with E-state index in [1.54, 1.807) is 15.6 Å². The molecule has 50 heavy (non-hydrogen) atoms. The first-order chi connectivity index (χ1) is 24.0. The lowest BCUT2D eigenvalue weighted by molar-refractivity contribution is -0.131. The van der Waals surface area contributed by atoms with E-state index in [0.717, 1.165) is 25.1 Å². The van der Waals surface area contributed by atoms with Crippen molar-refractivity contribution in [2.45, 2.75) is 90.6 Å². The fraction of sp³-hybridized carbons (Fsp3) is 0.576. The van der Waals surface area contributed by atoms with Gasteiger partial charge in [0.2, 0.25) is 17.6 Å². The Hall–Kier alpha value is -4.57. The molecule has 17 heteroatoms. The lowest BCUT2D eigenvalue weighted by Gasteiger charge is -2.26. The number of amides is 4. The molecule has 4 bridgehead atoms. The van der Waals surface area contributed by atoms with Gasteiger partial charge in [0.1, 0.15) is 23.7 Å². The summed E-state index contributed by atoms with van der Waals surface area (Å²) in [4.78, 5) is 55.5. The summed E-state index contributed by atoms with van der Waals surface area (Å²) in [5.74, 6) is -0.698. The predicted molar refractivity (Wildman–Crippen MR) is 181 cm³/mol. The zero-order valence-electron chi connectivity index (χ0n) is 28.6. The molecule has 3 aromatic rings. The molecule has 0 saturated heterocycles. The highest BCUT2D eigenvalue weighted by molar-refractivity contribution is 6.32. The van der Waals surface area contributed by atoms with E-state index in [9.17, 15) is 24.3 Å². The molecular weight excluding hydrogens is 668 g/mol. The lowest BCUT2D eigenvalue weighted by atomic mass is 10.0. The Bertz CT molecular complexity index is 1670. The van der Waals surface area contributed by atoms with E-state index in [1.807, 2.05) is 24.6 Å². The summed E-state index contributed by atoms with van der Waals surface area (Å²) in [5.41, 5.74) is 0.849. The molecule has 0 fully saturated rings. The number of fused-ring (bicyclic) bond motifs is 18. The van der Waals surface area contributed by atoms with Crippen LogP contribution in [0.1, 0.15) is 78.9 Å². The van der Waals surface area contributed by atoms with Gasteiger partial charge in [-0.25, -0.2) is 0 Å². The first-order valence-electron chi connectivity index (χ1n) is 17.1. The van der Waals surface area contributed by atoms with Gasteiger partial charge in [-0.1, -0.05) is 30.7 Å². The average molecular weight is 713 g/mol. The van der Waals surface area contributed by atoms with Crippen LogP contribution in [0.25, 0.3) is 0 Å². The summed E-state index contributed by atoms with van der Waals surface area (Å²) in [6.07, 6.45) is 4.51. The van der Waals surface area contributed by atoms with Gasteiger partial charge in [0.05, 0.1) is 23.4 Å². The van der Waals surface area contributed by atoms with Crippen molar-refractivity contribution in [3.63, 3.8) is 0 Å². The van der Waals surface area contributed by atoms with Gasteiger partial charge in [-0.2, -0.15) is 0 Å². The molecule has 0 radical (unpaired) electrons. The van der Waals surface area contributed by atoms with Crippen LogP contribution in [0, 0.1) is 5.92 Å². The van der Waals surface area contributed by atoms with E-state index >= 15 is 0 Å². The molecule has 0 unspecified atom stereocenters. The summed E-state index contributed by atoms with van der Waals surface area (Å²) in [5, 5.41) is 35.7. The first-order valence-corrected chi connectivity index (χ1v) is 17.5. The molecule has 6 rings (SSSR count). The fourth-order valence-electron chi connectivity index (χ4n) is 5.93. The second-order valence-electron chi connectivity index (χ2n) is 13.1. The maximum absolute atomic E-state index is 13.8. The third-order valence-corrected chi connectivity index (χ3v) is 8.91. The zero-order chi connectivity index (χ0) is 35.8. The molecule has 0 aliphatic carbocycles. The van der Waals surface area contributed by atoms with Crippen LogP contribution in [0.5, 0.6) is 5.75 Å². The Balaban J connectivity index is 1.38. The average Bonchev–Trinajstić information content (AvgIpc) is 3.73. The van der Waals surface area contributed by atoms with Crippen molar-refractivity contribution in [2.75, 3.05) is 26.2 Å². The summed E-state index contributed by atoms with van der Waals surface area (Å²) >= 11 is 6.42. The molecule has 4 amide bonds. The van der Waals surface area contributed by atoms with Crippen molar-refractivity contribution in [1.29, 1.82) is 0 Å². The Kier molecular flexibility index (Phi) is 12.4. The zero-order valence-corrected chi connectivity index (χ0v) is 29.4. The lowest BCUT2D eigenvalue weighted by Crippen LogP contribution is -2.57. The third kappa shape index (κ3) is 9.35. The van der Waals surface area contributed by atoms with E-state index in [2.05, 4.69) is 36.5 Å². The molecule has 3 aliphatic rings. The molecular formula is C33H45ClN10O6. The first kappa shape index (κ1) is 36.7. The van der Waals surface area contributed by atoms with Crippen LogP contribution in [0.2, 0.25) is 5.02 Å². The molecule has 0 saturated carbocycles. The van der Waals surface area contributed by atoms with Gasteiger partial charge in [-0.15, -0.1) is 15.3 Å². The van der Waals surface area contributed by atoms with Crippen LogP contribution in [0.3, 0.4) is 0 Å². The monoisotopic (exact) mass is 712 g/mol. The fourth-order valence-corrected chi connectivity index (χ4v) is 6.17. The molecule has 1 aromatic carbocycles. The summed E-state index contributed by atoms with van der Waals surface area (Å²) < 4.78 is 9.40. The molecule has 3 atom stereocenters. The number of benzene rings is 1. The number of halogens is 1. The Morgan fingerprint density at radius 3 is 2.58 bits per heavy atom. The van der Waals surface area contributed by atoms with Gasteiger partial charge in [0.15, 0.2) is 0 Å². The molecule has 16 nitrogen and oxygen atoms in total. The van der Waals surface area contributed by atoms with Gasteiger partial charge in [0.25, 0.3) is 11.8 Å². The maximum atomic E-state index is 13.8. The number of aryl methyl sites for hydroxylation is 2. The highest BCUT2D eigenvalue weighted by Gasteiger charge is 2.31. The summed E-state index contributed by atoms with van der Waals surface area (Å²) in [7, 11) is 0. The normalized spacial score (nSPS) is 20.6. The number of nitrogens with one attached hydrogen (secondary N) is 3. The van der Waals surface area contributed by atoms with Crippen LogP contribution in [-0.4, -0.2) is 108 Å². The second-order valence-corrected chi connectivity index (χ2v) is 13.5. The van der Waals surface area contributed by atoms with Crippen LogP contribution in [0.4, 0.5) is 0 Å². The molecule has 2 aromatic heterocycles. The van der Waals surface area contributed by atoms with E-state index in [-0.39, 0.29) is 47.9 Å². The molecule has 0 spiro atoms. The highest BCUT2D eigenvalue weighted by Crippen LogP contribution is 2.26. The quantitative estimate of drug-likeness (QED) is 0.285. The predicted octanol–water partition coefficient (Wildman–Crippen LogP) is 1.15. The van der Waals surface area contributed by atoms with Crippen LogP contribution in [0.15, 0.2) is 24.4 Å². The maximum Gasteiger partial charge on any atom is 0.291 e. The third-order valence-electron chi connectivity index (χ3n) is 8.62. The van der Waals surface area contributed by atoms with E-state index in [4.69, 9.17) is 16.3 Å². The van der Waals surface area contributed by atoms with Gasteiger partial charge < -0.3 is 35.3 Å². The molecule has 270 valence electrons. The van der Waals surface area contributed by atoms with Crippen molar-refractivity contribution >= 4 is 35.2 Å². The highest BCUT2D eigenvalue weighted by atomic mass is 35.5. The van der Waals surface area contributed by atoms with Crippen molar-refractivity contribution in [1.82, 2.24) is 50.6 Å². The van der Waals surface area contributed by atoms with E-state index in [0.29, 0.717) is 50.4 Å². The SMILES string of the molecule is CC(C)C[C@H]1NC(=O)[C@H]([C@@H](C)O)NC(=O)c2ccc(c(Cl)c2)OCCCn2cc(nn2)CCN(C(=O)c2nnc3n2CCCC3)CCNC1=O. The number of rotatable bonds is 4. The van der Waals surface area contributed by atoms with E-state index in [1.165, 1.54) is 19.1 Å². The number of ether oxygens (including phenoxy) is 1. The van der Waals surface area contributed by atoms with Crippen LogP contribution in [-0.2, 0) is 35.5 Å². The molecule has 4 N–H and O–H groups in total. The number of hydrogen-bond acceptors (Lipinski definition) is 10. The standard InChI is InChI=1S/C33H45ClN10O6/c1-20(2)17-25-31(47)35-11-15-42(33(49)29-40-39-27-7-4-5-13-44(27)29)14-10-23-19-43(41-38-23)12-6-16-50-26-9-8-22(18-24(26)34)30(46)37-28(21(3)45)32(48)36-25/h8-9,18-21,25,28,45H,4-7,10-17H2,1-3H3,(H,35,47)(H,36,48)(H,37,46)/t21-,25-,28+/m1/s1. The van der Waals surface area contributed by atoms with Gasteiger partial charge >= 0.3 is 0 Å². The molecule has 3 aliphatic heterocycles. The van der Waals surface area contributed by atoms with Crippen molar-refractivity contribution < 1.29 is 29.0 Å². The number of aromatic nitrogens is 6. The smallest absolute Gasteiger partial charge is 0.291 e. The summed E-state index contributed by atoms with van der Waals surface area (Å²) in [6.45, 7) is 7.23. The van der Waals surface area contributed by atoms with Crippen LogP contribution < -0.4 is 20.7 Å². The minimum Gasteiger partial charge on any atom is -0.492 e. The molecule has 5 heterocycles. The minimum absolute atomic E-state index is 0.0194. The van der Waals surface area contributed by atoms with Gasteiger partial charge in [-0.3, -0.25) is 23.9 Å². The number of carbonyl (C=O) groups excluding carboxylic acids is 4. The Morgan fingerprint density at radius 2 is 1.82 bits per heavy atom. The number of nitrogens with zero attached hydrogens (tertiary/aromatic N) is 7. The second kappa shape index (κ2) is 16.9. The van der Waals surface area contributed by atoms with Crippen molar-refractivity contribution in [3.8, 4) is 5.75 Å².